The second kappa shape index (κ2) is 11.9. The second-order valence-electron chi connectivity index (χ2n) is 11.4. The molecule has 232 valence electrons. The van der Waals surface area contributed by atoms with Crippen molar-refractivity contribution in [2.75, 3.05) is 25.5 Å². The van der Waals surface area contributed by atoms with Gasteiger partial charge < -0.3 is 33.6 Å². The Bertz CT molecular complexity index is 1870. The molecule has 1 aliphatic rings. The van der Waals surface area contributed by atoms with Crippen molar-refractivity contribution < 1.29 is 32.5 Å². The molecule has 0 spiro atoms. The van der Waals surface area contributed by atoms with Gasteiger partial charge in [0.2, 0.25) is 11.8 Å². The maximum atomic E-state index is 15.3. The summed E-state index contributed by atoms with van der Waals surface area (Å²) < 4.78 is 43.8. The lowest BCUT2D eigenvalue weighted by atomic mass is 10.1. The molecule has 1 aliphatic heterocycles. The maximum Gasteiger partial charge on any atom is 0.410 e. The predicted octanol–water partition coefficient (Wildman–Crippen LogP) is 6.67. The number of fused-ring (bicyclic) bond motifs is 1. The molecule has 0 radical (unpaired) electrons. The zero-order chi connectivity index (χ0) is 31.7. The lowest BCUT2D eigenvalue weighted by Gasteiger charge is -2.39. The molecular formula is C32H31FN6O6. The van der Waals surface area contributed by atoms with Gasteiger partial charge in [0.1, 0.15) is 41.2 Å². The van der Waals surface area contributed by atoms with Gasteiger partial charge in [-0.1, -0.05) is 6.07 Å². The molecule has 3 aromatic carbocycles. The summed E-state index contributed by atoms with van der Waals surface area (Å²) in [7, 11) is 1.53. The number of hydrogen-bond acceptors (Lipinski definition) is 11. The van der Waals surface area contributed by atoms with Crippen molar-refractivity contribution in [1.29, 1.82) is 0 Å². The number of amides is 1. The van der Waals surface area contributed by atoms with Gasteiger partial charge in [-0.15, -0.1) is 10.2 Å². The minimum atomic E-state index is -0.581. The highest BCUT2D eigenvalue weighted by Crippen LogP contribution is 2.37. The Kier molecular flexibility index (Phi) is 7.83. The Morgan fingerprint density at radius 1 is 1.02 bits per heavy atom. The van der Waals surface area contributed by atoms with Crippen molar-refractivity contribution in [1.82, 2.24) is 25.1 Å². The lowest BCUT2D eigenvalue weighted by Crippen LogP contribution is -2.57. The first kappa shape index (κ1) is 29.6. The standard InChI is InChI=1S/C32H31FN6O6/c1-18-37-38-30(42-18)19-7-6-8-20(11-19)43-21-9-10-25(24(33)12-21)36-29-23-13-28(27(41-5)14-26(23)34-17-35-29)44-22-15-39(16-22)31(40)45-32(2,3)4/h6-14,17,22H,15-16H2,1-5H3,(H,34,35,36). The van der Waals surface area contributed by atoms with Crippen molar-refractivity contribution in [3.8, 4) is 34.5 Å². The number of aryl methyl sites for hydroxylation is 1. The first-order valence-corrected chi connectivity index (χ1v) is 14.2. The second-order valence-corrected chi connectivity index (χ2v) is 11.4. The average Bonchev–Trinajstić information content (AvgIpc) is 3.41. The fourth-order valence-electron chi connectivity index (χ4n) is 4.61. The number of ether oxygens (including phenoxy) is 4. The van der Waals surface area contributed by atoms with Gasteiger partial charge >= 0.3 is 6.09 Å². The summed E-state index contributed by atoms with van der Waals surface area (Å²) in [5.41, 5.74) is 0.850. The van der Waals surface area contributed by atoms with Gasteiger partial charge in [0.05, 0.1) is 31.4 Å². The van der Waals surface area contributed by atoms with Crippen LogP contribution in [0.1, 0.15) is 26.7 Å². The zero-order valence-corrected chi connectivity index (χ0v) is 25.3. The first-order valence-electron chi connectivity index (χ1n) is 14.2. The Labute approximate surface area is 258 Å². The third-order valence-corrected chi connectivity index (χ3v) is 6.75. The quantitative estimate of drug-likeness (QED) is 0.201. The molecule has 0 aliphatic carbocycles. The molecule has 3 heterocycles. The van der Waals surface area contributed by atoms with E-state index in [1.165, 1.54) is 19.5 Å². The number of carbonyl (C=O) groups excluding carboxylic acids is 1. The third kappa shape index (κ3) is 6.71. The van der Waals surface area contributed by atoms with Crippen molar-refractivity contribution >= 4 is 28.5 Å². The van der Waals surface area contributed by atoms with Crippen molar-refractivity contribution in [3.63, 3.8) is 0 Å². The number of anilines is 2. The molecule has 13 heteroatoms. The van der Waals surface area contributed by atoms with Crippen molar-refractivity contribution in [2.45, 2.75) is 39.4 Å². The van der Waals surface area contributed by atoms with Gasteiger partial charge in [-0.05, 0) is 57.2 Å². The van der Waals surface area contributed by atoms with E-state index in [9.17, 15) is 4.79 Å². The molecular weight excluding hydrogens is 583 g/mol. The van der Waals surface area contributed by atoms with Gasteiger partial charge in [-0.3, -0.25) is 0 Å². The number of halogens is 1. The number of hydrogen-bond donors (Lipinski definition) is 1. The summed E-state index contributed by atoms with van der Waals surface area (Å²) in [6, 6.07) is 15.0. The summed E-state index contributed by atoms with van der Waals surface area (Å²) in [6.07, 6.45) is 0.730. The minimum absolute atomic E-state index is 0.183. The van der Waals surface area contributed by atoms with Gasteiger partial charge in [-0.2, -0.15) is 0 Å². The molecule has 45 heavy (non-hydrogen) atoms. The molecule has 2 aromatic heterocycles. The first-order chi connectivity index (χ1) is 21.5. The van der Waals surface area contributed by atoms with Gasteiger partial charge in [0, 0.05) is 30.0 Å². The molecule has 12 nitrogen and oxygen atoms in total. The van der Waals surface area contributed by atoms with E-state index in [1.807, 2.05) is 26.8 Å². The number of carbonyl (C=O) groups is 1. The average molecular weight is 615 g/mol. The summed E-state index contributed by atoms with van der Waals surface area (Å²) in [4.78, 5) is 22.6. The summed E-state index contributed by atoms with van der Waals surface area (Å²) in [5.74, 6) is 2.32. The molecule has 1 fully saturated rings. The van der Waals surface area contributed by atoms with E-state index < -0.39 is 17.5 Å². The molecule has 0 unspecified atom stereocenters. The number of rotatable bonds is 8. The molecule has 1 saturated heterocycles. The highest BCUT2D eigenvalue weighted by molar-refractivity contribution is 5.93. The highest BCUT2D eigenvalue weighted by Gasteiger charge is 2.35. The number of methoxy groups -OCH3 is 1. The van der Waals surface area contributed by atoms with Crippen LogP contribution in [0, 0.1) is 12.7 Å². The van der Waals surface area contributed by atoms with Crippen LogP contribution in [0.2, 0.25) is 0 Å². The number of benzene rings is 3. The number of nitrogens with one attached hydrogen (secondary N) is 1. The topological polar surface area (TPSA) is 134 Å². The Morgan fingerprint density at radius 3 is 2.53 bits per heavy atom. The molecule has 5 aromatic rings. The van der Waals surface area contributed by atoms with E-state index >= 15 is 4.39 Å². The van der Waals surface area contributed by atoms with Crippen molar-refractivity contribution in [2.24, 2.45) is 0 Å². The van der Waals surface area contributed by atoms with E-state index in [2.05, 4.69) is 25.5 Å². The molecule has 0 atom stereocenters. The Hall–Kier alpha value is -5.46. The van der Waals surface area contributed by atoms with E-state index in [-0.39, 0.29) is 11.8 Å². The maximum absolute atomic E-state index is 15.3. The summed E-state index contributed by atoms with van der Waals surface area (Å²) in [5, 5.41) is 11.5. The largest absolute Gasteiger partial charge is 0.493 e. The summed E-state index contributed by atoms with van der Waals surface area (Å²) in [6.45, 7) is 7.91. The van der Waals surface area contributed by atoms with Crippen LogP contribution in [0.15, 0.2) is 65.3 Å². The van der Waals surface area contributed by atoms with Crippen LogP contribution in [0.5, 0.6) is 23.0 Å². The predicted molar refractivity (Wildman–Crippen MR) is 163 cm³/mol. The van der Waals surface area contributed by atoms with E-state index in [0.717, 1.165) is 0 Å². The van der Waals surface area contributed by atoms with Crippen LogP contribution >= 0.6 is 0 Å². The smallest absolute Gasteiger partial charge is 0.410 e. The fourth-order valence-corrected chi connectivity index (χ4v) is 4.61. The zero-order valence-electron chi connectivity index (χ0n) is 25.3. The molecule has 0 saturated carbocycles. The monoisotopic (exact) mass is 614 g/mol. The third-order valence-electron chi connectivity index (χ3n) is 6.75. The highest BCUT2D eigenvalue weighted by atomic mass is 19.1. The van der Waals surface area contributed by atoms with Crippen LogP contribution in [0.4, 0.5) is 20.7 Å². The van der Waals surface area contributed by atoms with Gasteiger partial charge in [0.15, 0.2) is 11.5 Å². The number of likely N-dealkylation sites (tertiary alicyclic amines) is 1. The van der Waals surface area contributed by atoms with E-state index in [4.69, 9.17) is 23.4 Å². The van der Waals surface area contributed by atoms with E-state index in [0.29, 0.717) is 70.2 Å². The normalized spacial score (nSPS) is 13.3. The van der Waals surface area contributed by atoms with Crippen LogP contribution in [-0.4, -0.2) is 63.1 Å². The molecule has 0 bridgehead atoms. The van der Waals surface area contributed by atoms with Crippen LogP contribution < -0.4 is 19.5 Å². The van der Waals surface area contributed by atoms with Crippen LogP contribution in [-0.2, 0) is 4.74 Å². The lowest BCUT2D eigenvalue weighted by molar-refractivity contribution is -0.0225. The fraction of sp³-hybridized carbons (Fsp3) is 0.281. The number of aromatic nitrogens is 4. The minimum Gasteiger partial charge on any atom is -0.493 e. The SMILES string of the molecule is COc1cc2ncnc(Nc3ccc(Oc4cccc(-c5nnc(C)o5)c4)cc3F)c2cc1OC1CN(C(=O)OC(C)(C)C)C1. The Morgan fingerprint density at radius 2 is 1.82 bits per heavy atom. The van der Waals surface area contributed by atoms with Gasteiger partial charge in [0.25, 0.3) is 0 Å². The molecule has 1 amide bonds. The number of nitrogens with zero attached hydrogens (tertiary/aromatic N) is 5. The van der Waals surface area contributed by atoms with Gasteiger partial charge in [-0.25, -0.2) is 19.2 Å². The van der Waals surface area contributed by atoms with Crippen LogP contribution in [0.25, 0.3) is 22.4 Å². The Balaban J connectivity index is 1.17. The van der Waals surface area contributed by atoms with Crippen LogP contribution in [0.3, 0.4) is 0 Å². The summed E-state index contributed by atoms with van der Waals surface area (Å²) >= 11 is 0. The van der Waals surface area contributed by atoms with Crippen molar-refractivity contribution in [3.05, 3.63) is 72.6 Å². The molecule has 1 N–H and O–H groups in total. The molecule has 6 rings (SSSR count). The van der Waals surface area contributed by atoms with E-state index in [1.54, 1.807) is 54.3 Å².